The van der Waals surface area contributed by atoms with Crippen LogP contribution in [0.25, 0.3) is 0 Å². The molecule has 0 N–H and O–H groups in total. The highest BCUT2D eigenvalue weighted by atomic mass is 19.4. The van der Waals surface area contributed by atoms with Crippen LogP contribution in [0, 0.1) is 0 Å². The average Bonchev–Trinajstić information content (AvgIpc) is 2.25. The summed E-state index contributed by atoms with van der Waals surface area (Å²) in [6.45, 7) is 0. The Morgan fingerprint density at radius 2 is 1.39 bits per heavy atom. The molecule has 1 rings (SSSR count). The molecule has 1 aromatic carbocycles. The largest absolute Gasteiger partial charge is 0.435 e. The monoisotopic (exact) mass is 273 g/mol. The summed E-state index contributed by atoms with van der Waals surface area (Å²) in [6.07, 6.45) is -11.3. The van der Waals surface area contributed by atoms with E-state index in [0.29, 0.717) is 12.1 Å². The Morgan fingerprint density at radius 1 is 0.889 bits per heavy atom. The zero-order chi connectivity index (χ0) is 14.2. The Balaban J connectivity index is 3.50. The summed E-state index contributed by atoms with van der Waals surface area (Å²) in [4.78, 5) is 10.2. The van der Waals surface area contributed by atoms with Gasteiger partial charge in [-0.25, -0.2) is 4.39 Å². The predicted octanol–water partition coefficient (Wildman–Crippen LogP) is 3.43. The highest BCUT2D eigenvalue weighted by molar-refractivity contribution is 5.75. The van der Waals surface area contributed by atoms with Crippen molar-refractivity contribution in [3.05, 3.63) is 35.4 Å². The van der Waals surface area contributed by atoms with Gasteiger partial charge in [-0.2, -0.15) is 26.3 Å². The summed E-state index contributed by atoms with van der Waals surface area (Å²) in [6, 6.07) is 2.08. The highest BCUT2D eigenvalue weighted by Gasteiger charge is 2.73. The van der Waals surface area contributed by atoms with Crippen molar-refractivity contribution in [1.29, 1.82) is 0 Å². The predicted molar refractivity (Wildman–Crippen MR) is 46.1 cm³/mol. The molecule has 99 valence electrons. The smallest absolute Gasteiger partial charge is 0.285 e. The molecule has 0 aliphatic heterocycles. The van der Waals surface area contributed by atoms with Crippen molar-refractivity contribution in [1.82, 2.24) is 0 Å². The Bertz CT molecular complexity index is 432. The van der Waals surface area contributed by atoms with Gasteiger partial charge in [-0.3, -0.25) is 4.79 Å². The lowest BCUT2D eigenvalue weighted by Gasteiger charge is -2.30. The van der Waals surface area contributed by atoms with Gasteiger partial charge in [-0.05, 0) is 6.07 Å². The van der Waals surface area contributed by atoms with Crippen LogP contribution < -0.4 is 0 Å². The topological polar surface area (TPSA) is 17.1 Å². The average molecular weight is 273 g/mol. The van der Waals surface area contributed by atoms with Crippen LogP contribution in [0.4, 0.5) is 30.7 Å². The van der Waals surface area contributed by atoms with E-state index in [1.165, 1.54) is 0 Å². The first-order chi connectivity index (χ1) is 8.04. The number of hydrogen-bond donors (Lipinski definition) is 0. The van der Waals surface area contributed by atoms with Crippen LogP contribution in [0.3, 0.4) is 0 Å². The minimum Gasteiger partial charge on any atom is -0.285 e. The Labute approximate surface area is 96.2 Å². The Kier molecular flexibility index (Phi) is 3.42. The third-order valence-corrected chi connectivity index (χ3v) is 2.16. The van der Waals surface area contributed by atoms with Crippen LogP contribution in [0.5, 0.6) is 0 Å². The zero-order valence-electron chi connectivity index (χ0n) is 8.36. The van der Waals surface area contributed by atoms with E-state index in [4.69, 9.17) is 0 Å². The Hall–Kier alpha value is -1.60. The first-order valence-electron chi connectivity index (χ1n) is 4.35. The van der Waals surface area contributed by atoms with Crippen LogP contribution in [-0.2, 0) is 10.5 Å². The maximum Gasteiger partial charge on any atom is 0.435 e. The third kappa shape index (κ3) is 2.19. The summed E-state index contributed by atoms with van der Waals surface area (Å²) in [5, 5.41) is 0. The second kappa shape index (κ2) is 4.25. The first-order valence-corrected chi connectivity index (χ1v) is 4.35. The minimum absolute atomic E-state index is 0.161. The maximum absolute atomic E-state index is 13.5. The number of carbonyl (C=O) groups excluding carboxylic acids is 1. The van der Waals surface area contributed by atoms with Gasteiger partial charge in [0.15, 0.2) is 0 Å². The number of rotatable bonds is 2. The fourth-order valence-electron chi connectivity index (χ4n) is 1.29. The van der Waals surface area contributed by atoms with Gasteiger partial charge < -0.3 is 0 Å². The van der Waals surface area contributed by atoms with Gasteiger partial charge in [0.25, 0.3) is 0 Å². The summed E-state index contributed by atoms with van der Waals surface area (Å²) >= 11 is 0. The molecule has 18 heavy (non-hydrogen) atoms. The normalized spacial score (nSPS) is 13.5. The summed E-state index contributed by atoms with van der Waals surface area (Å²) in [5.41, 5.74) is -7.83. The fourth-order valence-corrected chi connectivity index (χ4v) is 1.29. The van der Waals surface area contributed by atoms with E-state index in [9.17, 15) is 35.5 Å². The Morgan fingerprint density at radius 3 is 1.78 bits per heavy atom. The molecular weight excluding hydrogens is 269 g/mol. The highest BCUT2D eigenvalue weighted by Crippen LogP contribution is 2.53. The molecule has 0 fully saturated rings. The first kappa shape index (κ1) is 14.5. The van der Waals surface area contributed by atoms with Crippen molar-refractivity contribution >= 4 is 6.29 Å². The second-order valence-electron chi connectivity index (χ2n) is 3.34. The van der Waals surface area contributed by atoms with Gasteiger partial charge in [0.1, 0.15) is 0 Å². The molecule has 8 heteroatoms. The molecule has 1 aromatic rings. The molecule has 0 heterocycles. The molecule has 0 amide bonds. The summed E-state index contributed by atoms with van der Waals surface area (Å²) < 4.78 is 87.4. The van der Waals surface area contributed by atoms with Gasteiger partial charge in [0, 0.05) is 11.1 Å². The molecule has 0 bridgehead atoms. The van der Waals surface area contributed by atoms with Crippen LogP contribution in [0.2, 0.25) is 0 Å². The lowest BCUT2D eigenvalue weighted by Crippen LogP contribution is -2.50. The SMILES string of the molecule is O=[C]c1cccc(C(F)(C(F)(F)F)C(F)(F)F)c1. The van der Waals surface area contributed by atoms with Gasteiger partial charge in [0.05, 0.1) is 0 Å². The summed E-state index contributed by atoms with van der Waals surface area (Å²) in [5.74, 6) is 0. The standard InChI is InChI=1S/C10H4F7O/c11-8(9(12,13)14,10(15,16)17)7-3-1-2-6(4-7)5-18/h1-4H. The molecule has 0 aliphatic carbocycles. The van der Waals surface area contributed by atoms with E-state index < -0.39 is 29.1 Å². The second-order valence-corrected chi connectivity index (χ2v) is 3.34. The van der Waals surface area contributed by atoms with Crippen LogP contribution >= 0.6 is 0 Å². The molecule has 0 unspecified atom stereocenters. The molecule has 0 aromatic heterocycles. The minimum atomic E-state index is -6.19. The lowest BCUT2D eigenvalue weighted by atomic mass is 9.93. The number of halogens is 7. The van der Waals surface area contributed by atoms with Gasteiger partial charge in [-0.1, -0.05) is 18.2 Å². The number of hydrogen-bond acceptors (Lipinski definition) is 1. The van der Waals surface area contributed by atoms with Gasteiger partial charge in [-0.15, -0.1) is 0 Å². The molecule has 1 nitrogen and oxygen atoms in total. The van der Waals surface area contributed by atoms with Crippen molar-refractivity contribution in [2.24, 2.45) is 0 Å². The third-order valence-electron chi connectivity index (χ3n) is 2.16. The van der Waals surface area contributed by atoms with Crippen molar-refractivity contribution in [3.8, 4) is 0 Å². The van der Waals surface area contributed by atoms with Crippen molar-refractivity contribution in [2.45, 2.75) is 18.0 Å². The van der Waals surface area contributed by atoms with E-state index in [2.05, 4.69) is 0 Å². The lowest BCUT2D eigenvalue weighted by molar-refractivity contribution is -0.348. The quantitative estimate of drug-likeness (QED) is 0.754. The number of alkyl halides is 7. The van der Waals surface area contributed by atoms with Gasteiger partial charge in [0.2, 0.25) is 6.29 Å². The van der Waals surface area contributed by atoms with Crippen LogP contribution in [0.1, 0.15) is 11.1 Å². The van der Waals surface area contributed by atoms with Crippen molar-refractivity contribution in [3.63, 3.8) is 0 Å². The molecule has 0 spiro atoms. The molecule has 1 radical (unpaired) electrons. The van der Waals surface area contributed by atoms with Crippen LogP contribution in [-0.4, -0.2) is 18.6 Å². The summed E-state index contributed by atoms with van der Waals surface area (Å²) in [7, 11) is 0. The van der Waals surface area contributed by atoms with E-state index >= 15 is 0 Å². The number of benzene rings is 1. The molecule has 0 saturated heterocycles. The van der Waals surface area contributed by atoms with E-state index in [-0.39, 0.29) is 6.07 Å². The molecule has 0 saturated carbocycles. The van der Waals surface area contributed by atoms with Crippen LogP contribution in [0.15, 0.2) is 24.3 Å². The van der Waals surface area contributed by atoms with E-state index in [1.807, 2.05) is 0 Å². The fraction of sp³-hybridized carbons (Fsp3) is 0.300. The maximum atomic E-state index is 13.5. The molecule has 0 atom stereocenters. The van der Waals surface area contributed by atoms with Crippen molar-refractivity contribution < 1.29 is 35.5 Å². The van der Waals surface area contributed by atoms with Gasteiger partial charge >= 0.3 is 18.0 Å². The van der Waals surface area contributed by atoms with E-state index in [1.54, 1.807) is 0 Å². The molecule has 0 aliphatic rings. The molecular formula is C10H4F7O. The zero-order valence-corrected chi connectivity index (χ0v) is 8.36. The van der Waals surface area contributed by atoms with Crippen molar-refractivity contribution in [2.75, 3.05) is 0 Å². The van der Waals surface area contributed by atoms with E-state index in [0.717, 1.165) is 12.4 Å².